The number of pyridine rings is 1. The van der Waals surface area contributed by atoms with Crippen LogP contribution >= 0.6 is 0 Å². The highest BCUT2D eigenvalue weighted by Crippen LogP contribution is 2.34. The number of alkyl halides is 3. The van der Waals surface area contributed by atoms with Gasteiger partial charge >= 0.3 is 12.1 Å². The van der Waals surface area contributed by atoms with E-state index in [0.717, 1.165) is 36.9 Å². The average molecular weight is 499 g/mol. The number of rotatable bonds is 6. The van der Waals surface area contributed by atoms with Gasteiger partial charge in [0, 0.05) is 17.0 Å². The Morgan fingerprint density at radius 1 is 0.944 bits per heavy atom. The molecule has 0 bridgehead atoms. The van der Waals surface area contributed by atoms with Crippen molar-refractivity contribution in [1.29, 1.82) is 0 Å². The van der Waals surface area contributed by atoms with Gasteiger partial charge in [-0.1, -0.05) is 30.3 Å². The Morgan fingerprint density at radius 2 is 1.67 bits per heavy atom. The van der Waals surface area contributed by atoms with Gasteiger partial charge in [0.05, 0.1) is 29.4 Å². The molecule has 1 heterocycles. The molecule has 0 saturated carbocycles. The third kappa shape index (κ3) is 5.51. The molecule has 4 rings (SSSR count). The molecule has 0 amide bonds. The van der Waals surface area contributed by atoms with Crippen molar-refractivity contribution in [2.45, 2.75) is 12.8 Å². The zero-order chi connectivity index (χ0) is 25.9. The summed E-state index contributed by atoms with van der Waals surface area (Å²) in [5, 5.41) is 0.468. The quantitative estimate of drug-likeness (QED) is 0.210. The van der Waals surface area contributed by atoms with Crippen LogP contribution in [0.1, 0.15) is 32.7 Å². The van der Waals surface area contributed by atoms with Crippen LogP contribution in [0.2, 0.25) is 0 Å². The Hall–Kier alpha value is -4.27. The van der Waals surface area contributed by atoms with Crippen LogP contribution < -0.4 is 4.74 Å². The minimum absolute atomic E-state index is 0.225. The van der Waals surface area contributed by atoms with Crippen LogP contribution in [0, 0.1) is 11.6 Å². The van der Waals surface area contributed by atoms with Crippen molar-refractivity contribution < 1.29 is 36.2 Å². The number of carbonyl (C=O) groups is 1. The second-order valence-corrected chi connectivity index (χ2v) is 7.71. The van der Waals surface area contributed by atoms with E-state index in [9.17, 15) is 26.7 Å². The minimum Gasteiger partial charge on any atom is -0.489 e. The lowest BCUT2D eigenvalue weighted by atomic mass is 10.0. The Labute approximate surface area is 202 Å². The third-order valence-corrected chi connectivity index (χ3v) is 5.35. The molecule has 4 nitrogen and oxygen atoms in total. The Morgan fingerprint density at radius 3 is 2.36 bits per heavy atom. The first-order chi connectivity index (χ1) is 17.2. The molecule has 1 aromatic heterocycles. The first-order valence-electron chi connectivity index (χ1n) is 10.6. The van der Waals surface area contributed by atoms with Gasteiger partial charge in [-0.3, -0.25) is 0 Å². The van der Waals surface area contributed by atoms with Gasteiger partial charge in [0.1, 0.15) is 12.4 Å². The molecule has 0 unspecified atom stereocenters. The summed E-state index contributed by atoms with van der Waals surface area (Å²) in [7, 11) is 1.09. The van der Waals surface area contributed by atoms with Crippen LogP contribution in [0.5, 0.6) is 5.75 Å². The number of methoxy groups -OCH3 is 1. The molecule has 0 spiro atoms. The molecule has 184 valence electrons. The van der Waals surface area contributed by atoms with E-state index in [1.807, 2.05) is 0 Å². The van der Waals surface area contributed by atoms with Gasteiger partial charge < -0.3 is 9.47 Å². The van der Waals surface area contributed by atoms with E-state index < -0.39 is 36.0 Å². The zero-order valence-electron chi connectivity index (χ0n) is 18.8. The molecule has 0 radical (unpaired) electrons. The zero-order valence-corrected chi connectivity index (χ0v) is 18.8. The molecule has 0 atom stereocenters. The number of aromatic nitrogens is 1. The van der Waals surface area contributed by atoms with E-state index in [1.54, 1.807) is 48.6 Å². The summed E-state index contributed by atoms with van der Waals surface area (Å²) in [6.07, 6.45) is -1.26. The van der Waals surface area contributed by atoms with Crippen molar-refractivity contribution in [3.63, 3.8) is 0 Å². The average Bonchev–Trinajstić information content (AvgIpc) is 2.86. The lowest BCUT2D eigenvalue weighted by Crippen LogP contribution is -2.16. The second-order valence-electron chi connectivity index (χ2n) is 7.71. The van der Waals surface area contributed by atoms with Gasteiger partial charge in [0.25, 0.3) is 0 Å². The Kier molecular flexibility index (Phi) is 7.00. The number of esters is 1. The highest BCUT2D eigenvalue weighted by Gasteiger charge is 2.35. The van der Waals surface area contributed by atoms with Gasteiger partial charge in [-0.25, -0.2) is 18.6 Å². The first kappa shape index (κ1) is 24.8. The van der Waals surface area contributed by atoms with Crippen LogP contribution in [0.4, 0.5) is 22.0 Å². The van der Waals surface area contributed by atoms with Crippen molar-refractivity contribution in [2.75, 3.05) is 7.11 Å². The molecule has 0 aliphatic carbocycles. The number of hydrogen-bond donors (Lipinski definition) is 0. The summed E-state index contributed by atoms with van der Waals surface area (Å²) in [4.78, 5) is 16.3. The maximum absolute atomic E-state index is 13.5. The normalized spacial score (nSPS) is 11.7. The lowest BCUT2D eigenvalue weighted by Gasteiger charge is -2.16. The largest absolute Gasteiger partial charge is 0.489 e. The molecule has 0 N–H and O–H groups in total. The van der Waals surface area contributed by atoms with E-state index in [1.165, 1.54) is 6.07 Å². The standard InChI is InChI=1S/C27H18F5NO3/c1-35-26(34)20-3-2-4-22(27(30,31)32)21(20)15-36-19-11-6-16(7-12-19)5-9-18-10-8-17-13-23(28)24(29)14-25(17)33-18/h2-14H,15H2,1H3. The van der Waals surface area contributed by atoms with E-state index >= 15 is 0 Å². The molecule has 36 heavy (non-hydrogen) atoms. The SMILES string of the molecule is COC(=O)c1cccc(C(F)(F)F)c1COc1ccc(C=Cc2ccc3cc(F)c(F)cc3n2)cc1. The second kappa shape index (κ2) is 10.2. The number of hydrogen-bond acceptors (Lipinski definition) is 4. The highest BCUT2D eigenvalue weighted by molar-refractivity contribution is 5.91. The summed E-state index contributed by atoms with van der Waals surface area (Å²) in [5.41, 5.74) is 0.0472. The fourth-order valence-corrected chi connectivity index (χ4v) is 3.55. The van der Waals surface area contributed by atoms with E-state index in [2.05, 4.69) is 9.72 Å². The van der Waals surface area contributed by atoms with Crippen LogP contribution in [-0.2, 0) is 17.5 Å². The highest BCUT2D eigenvalue weighted by atomic mass is 19.4. The molecule has 9 heteroatoms. The maximum atomic E-state index is 13.5. The van der Waals surface area contributed by atoms with Gasteiger partial charge in [0.2, 0.25) is 0 Å². The van der Waals surface area contributed by atoms with Crippen LogP contribution in [-0.4, -0.2) is 18.1 Å². The number of benzene rings is 3. The molecular formula is C27H18F5NO3. The summed E-state index contributed by atoms with van der Waals surface area (Å²) < 4.78 is 77.4. The molecule has 0 aliphatic rings. The first-order valence-corrected chi connectivity index (χ1v) is 10.6. The summed E-state index contributed by atoms with van der Waals surface area (Å²) in [6, 6.07) is 15.1. The van der Waals surface area contributed by atoms with E-state index in [-0.39, 0.29) is 11.1 Å². The molecule has 3 aromatic carbocycles. The number of nitrogens with zero attached hydrogens (tertiary/aromatic N) is 1. The Balaban J connectivity index is 1.49. The fourth-order valence-electron chi connectivity index (χ4n) is 3.55. The monoisotopic (exact) mass is 499 g/mol. The molecule has 0 saturated heterocycles. The van der Waals surface area contributed by atoms with Crippen LogP contribution in [0.15, 0.2) is 66.7 Å². The molecule has 0 fully saturated rings. The van der Waals surface area contributed by atoms with Gasteiger partial charge in [-0.2, -0.15) is 13.2 Å². The molecule has 0 aliphatic heterocycles. The van der Waals surface area contributed by atoms with Crippen molar-refractivity contribution in [1.82, 2.24) is 4.98 Å². The van der Waals surface area contributed by atoms with Crippen molar-refractivity contribution in [3.8, 4) is 5.75 Å². The van der Waals surface area contributed by atoms with Crippen LogP contribution in [0.3, 0.4) is 0 Å². The minimum atomic E-state index is -4.67. The van der Waals surface area contributed by atoms with Crippen molar-refractivity contribution >= 4 is 29.0 Å². The fraction of sp³-hybridized carbons (Fsp3) is 0.111. The maximum Gasteiger partial charge on any atom is 0.416 e. The third-order valence-electron chi connectivity index (χ3n) is 5.35. The van der Waals surface area contributed by atoms with E-state index in [4.69, 9.17) is 4.74 Å². The predicted octanol–water partition coefficient (Wildman–Crippen LogP) is 7.07. The van der Waals surface area contributed by atoms with Crippen LogP contribution in [0.25, 0.3) is 23.1 Å². The summed E-state index contributed by atoms with van der Waals surface area (Å²) in [6.45, 7) is -0.493. The summed E-state index contributed by atoms with van der Waals surface area (Å²) in [5.74, 6) is -2.53. The number of halogens is 5. The number of fused-ring (bicyclic) bond motifs is 1. The lowest BCUT2D eigenvalue weighted by molar-refractivity contribution is -0.138. The van der Waals surface area contributed by atoms with E-state index in [0.29, 0.717) is 22.3 Å². The van der Waals surface area contributed by atoms with Crippen molar-refractivity contribution in [3.05, 3.63) is 106 Å². The summed E-state index contributed by atoms with van der Waals surface area (Å²) >= 11 is 0. The number of carbonyl (C=O) groups excluding carboxylic acids is 1. The van der Waals surface area contributed by atoms with Crippen molar-refractivity contribution in [2.24, 2.45) is 0 Å². The van der Waals surface area contributed by atoms with Gasteiger partial charge in [-0.15, -0.1) is 0 Å². The molecular weight excluding hydrogens is 481 g/mol. The predicted molar refractivity (Wildman–Crippen MR) is 124 cm³/mol. The Bertz CT molecular complexity index is 1450. The van der Waals surface area contributed by atoms with Gasteiger partial charge in [-0.05, 0) is 48.0 Å². The number of ether oxygens (including phenoxy) is 2. The van der Waals surface area contributed by atoms with Gasteiger partial charge in [0.15, 0.2) is 11.6 Å². The molecule has 4 aromatic rings. The topological polar surface area (TPSA) is 48.4 Å². The smallest absolute Gasteiger partial charge is 0.416 e.